The van der Waals surface area contributed by atoms with Crippen LogP contribution in [-0.2, 0) is 10.0 Å². The van der Waals surface area contributed by atoms with Crippen molar-refractivity contribution in [3.8, 4) is 0 Å². The van der Waals surface area contributed by atoms with Crippen LogP contribution in [0.1, 0.15) is 25.7 Å². The maximum Gasteiger partial charge on any atom is 0.242 e. The number of nitrogens with one attached hydrogen (secondary N) is 1. The van der Waals surface area contributed by atoms with Gasteiger partial charge in [0.1, 0.15) is 4.90 Å². The summed E-state index contributed by atoms with van der Waals surface area (Å²) in [4.78, 5) is 3.92. The smallest absolute Gasteiger partial charge is 0.242 e. The monoisotopic (exact) mass is 256 g/mol. The van der Waals surface area contributed by atoms with E-state index in [0.29, 0.717) is 12.8 Å². The highest BCUT2D eigenvalue weighted by molar-refractivity contribution is 7.89. The second kappa shape index (κ2) is 5.12. The third-order valence-corrected chi connectivity index (χ3v) is 4.46. The molecule has 0 spiro atoms. The van der Waals surface area contributed by atoms with Crippen molar-refractivity contribution in [2.75, 3.05) is 0 Å². The molecule has 6 heteroatoms. The second-order valence-corrected chi connectivity index (χ2v) is 5.98. The summed E-state index contributed by atoms with van der Waals surface area (Å²) in [5.41, 5.74) is 0. The molecule has 1 fully saturated rings. The molecule has 0 bridgehead atoms. The van der Waals surface area contributed by atoms with Gasteiger partial charge in [0, 0.05) is 18.4 Å². The van der Waals surface area contributed by atoms with Crippen LogP contribution in [0.3, 0.4) is 0 Å². The second-order valence-electron chi connectivity index (χ2n) is 4.27. The minimum atomic E-state index is -3.57. The van der Waals surface area contributed by atoms with Crippen LogP contribution >= 0.6 is 0 Å². The Labute approximate surface area is 101 Å². The maximum absolute atomic E-state index is 12.0. The molecule has 94 valence electrons. The summed E-state index contributed by atoms with van der Waals surface area (Å²) < 4.78 is 26.5. The molecule has 0 radical (unpaired) electrons. The summed E-state index contributed by atoms with van der Waals surface area (Å²) in [7, 11) is -3.57. The molecule has 0 aliphatic heterocycles. The van der Waals surface area contributed by atoms with Crippen molar-refractivity contribution in [2.45, 2.75) is 42.7 Å². The summed E-state index contributed by atoms with van der Waals surface area (Å²) in [6, 6.07) is 2.69. The number of aromatic nitrogens is 1. The lowest BCUT2D eigenvalue weighted by Gasteiger charge is -2.27. The Morgan fingerprint density at radius 3 is 2.76 bits per heavy atom. The van der Waals surface area contributed by atoms with E-state index in [1.54, 1.807) is 6.07 Å². The highest BCUT2D eigenvalue weighted by Crippen LogP contribution is 2.20. The van der Waals surface area contributed by atoms with Gasteiger partial charge in [-0.1, -0.05) is 12.8 Å². The SMILES string of the molecule is O=S(=O)(N[C@@H]1CCCC[C@H]1O)c1cccnc1. The number of pyridine rings is 1. The molecule has 0 unspecified atom stereocenters. The quantitative estimate of drug-likeness (QED) is 0.832. The highest BCUT2D eigenvalue weighted by atomic mass is 32.2. The Hall–Kier alpha value is -0.980. The number of aliphatic hydroxyl groups is 1. The Balaban J connectivity index is 2.12. The summed E-state index contributed by atoms with van der Waals surface area (Å²) in [5, 5.41) is 9.74. The van der Waals surface area contributed by atoms with Crippen LogP contribution in [0.4, 0.5) is 0 Å². The molecule has 1 aromatic heterocycles. The predicted octanol–water partition coefficient (Wildman–Crippen LogP) is 0.663. The fourth-order valence-corrected chi connectivity index (χ4v) is 3.29. The fourth-order valence-electron chi connectivity index (χ4n) is 2.02. The lowest BCUT2D eigenvalue weighted by molar-refractivity contribution is 0.101. The van der Waals surface area contributed by atoms with Crippen LogP contribution < -0.4 is 4.72 Å². The van der Waals surface area contributed by atoms with Crippen molar-refractivity contribution in [3.05, 3.63) is 24.5 Å². The number of hydrogen-bond acceptors (Lipinski definition) is 4. The predicted molar refractivity (Wildman–Crippen MR) is 62.8 cm³/mol. The number of hydrogen-bond donors (Lipinski definition) is 2. The number of aliphatic hydroxyl groups excluding tert-OH is 1. The molecule has 5 nitrogen and oxygen atoms in total. The topological polar surface area (TPSA) is 79.3 Å². The maximum atomic E-state index is 12.0. The van der Waals surface area contributed by atoms with E-state index < -0.39 is 16.1 Å². The zero-order valence-corrected chi connectivity index (χ0v) is 10.2. The van der Waals surface area contributed by atoms with Gasteiger partial charge >= 0.3 is 0 Å². The fraction of sp³-hybridized carbons (Fsp3) is 0.545. The van der Waals surface area contributed by atoms with Gasteiger partial charge in [0.25, 0.3) is 0 Å². The van der Waals surface area contributed by atoms with E-state index in [2.05, 4.69) is 9.71 Å². The first kappa shape index (κ1) is 12.5. The molecule has 0 aromatic carbocycles. The van der Waals surface area contributed by atoms with E-state index in [0.717, 1.165) is 12.8 Å². The van der Waals surface area contributed by atoms with E-state index in [1.807, 2.05) is 0 Å². The van der Waals surface area contributed by atoms with E-state index in [-0.39, 0.29) is 10.9 Å². The van der Waals surface area contributed by atoms with Gasteiger partial charge in [-0.2, -0.15) is 0 Å². The molecule has 0 saturated heterocycles. The summed E-state index contributed by atoms with van der Waals surface area (Å²) in [5.74, 6) is 0. The van der Waals surface area contributed by atoms with Crippen molar-refractivity contribution < 1.29 is 13.5 Å². The first-order valence-corrected chi connectivity index (χ1v) is 7.18. The minimum absolute atomic E-state index is 0.137. The molecule has 17 heavy (non-hydrogen) atoms. The van der Waals surface area contributed by atoms with E-state index >= 15 is 0 Å². The third-order valence-electron chi connectivity index (χ3n) is 2.98. The average Bonchev–Trinajstić information content (AvgIpc) is 2.33. The van der Waals surface area contributed by atoms with E-state index in [9.17, 15) is 13.5 Å². The molecule has 1 aliphatic rings. The number of sulfonamides is 1. The average molecular weight is 256 g/mol. The van der Waals surface area contributed by atoms with Crippen LogP contribution in [0.15, 0.2) is 29.4 Å². The molecule has 2 atom stereocenters. The third kappa shape index (κ3) is 3.02. The van der Waals surface area contributed by atoms with Crippen molar-refractivity contribution >= 4 is 10.0 Å². The molecular formula is C11H16N2O3S. The van der Waals surface area contributed by atoms with Crippen LogP contribution in [0.2, 0.25) is 0 Å². The van der Waals surface area contributed by atoms with Gasteiger partial charge in [-0.15, -0.1) is 0 Å². The van der Waals surface area contributed by atoms with Crippen LogP contribution in [0.25, 0.3) is 0 Å². The lowest BCUT2D eigenvalue weighted by Crippen LogP contribution is -2.44. The van der Waals surface area contributed by atoms with Gasteiger partial charge in [0.05, 0.1) is 6.10 Å². The van der Waals surface area contributed by atoms with Crippen molar-refractivity contribution in [1.29, 1.82) is 0 Å². The highest BCUT2D eigenvalue weighted by Gasteiger charge is 2.27. The molecule has 1 heterocycles. The molecule has 2 N–H and O–H groups in total. The molecule has 1 saturated carbocycles. The summed E-state index contributed by atoms with van der Waals surface area (Å²) >= 11 is 0. The van der Waals surface area contributed by atoms with Gasteiger partial charge in [-0.05, 0) is 25.0 Å². The lowest BCUT2D eigenvalue weighted by atomic mass is 9.93. The molecular weight excluding hydrogens is 240 g/mol. The van der Waals surface area contributed by atoms with Crippen LogP contribution in [-0.4, -0.2) is 30.7 Å². The van der Waals surface area contributed by atoms with Crippen LogP contribution in [0, 0.1) is 0 Å². The molecule has 0 amide bonds. The van der Waals surface area contributed by atoms with E-state index in [1.165, 1.54) is 18.5 Å². The van der Waals surface area contributed by atoms with Gasteiger partial charge in [0.15, 0.2) is 0 Å². The first-order valence-electron chi connectivity index (χ1n) is 5.70. The summed E-state index contributed by atoms with van der Waals surface area (Å²) in [6.45, 7) is 0. The standard InChI is InChI=1S/C11H16N2O3S/c14-11-6-2-1-5-10(11)13-17(15,16)9-4-3-7-12-8-9/h3-4,7-8,10-11,13-14H,1-2,5-6H2/t10-,11-/m1/s1. The summed E-state index contributed by atoms with van der Waals surface area (Å²) in [6.07, 6.45) is 5.46. The number of nitrogens with zero attached hydrogens (tertiary/aromatic N) is 1. The first-order chi connectivity index (χ1) is 8.09. The largest absolute Gasteiger partial charge is 0.391 e. The molecule has 1 aromatic rings. The normalized spacial score (nSPS) is 25.7. The van der Waals surface area contributed by atoms with Gasteiger partial charge < -0.3 is 5.11 Å². The Kier molecular flexibility index (Phi) is 3.76. The van der Waals surface area contributed by atoms with Crippen LogP contribution in [0.5, 0.6) is 0 Å². The van der Waals surface area contributed by atoms with Gasteiger partial charge in [-0.25, -0.2) is 13.1 Å². The Bertz CT molecular complexity index is 461. The number of rotatable bonds is 3. The van der Waals surface area contributed by atoms with Crippen molar-refractivity contribution in [1.82, 2.24) is 9.71 Å². The Morgan fingerprint density at radius 2 is 2.12 bits per heavy atom. The van der Waals surface area contributed by atoms with Crippen molar-refractivity contribution in [3.63, 3.8) is 0 Å². The van der Waals surface area contributed by atoms with Crippen molar-refractivity contribution in [2.24, 2.45) is 0 Å². The van der Waals surface area contributed by atoms with Gasteiger partial charge in [0.2, 0.25) is 10.0 Å². The minimum Gasteiger partial charge on any atom is -0.391 e. The van der Waals surface area contributed by atoms with Gasteiger partial charge in [-0.3, -0.25) is 4.98 Å². The zero-order valence-electron chi connectivity index (χ0n) is 9.41. The van der Waals surface area contributed by atoms with E-state index in [4.69, 9.17) is 0 Å². The zero-order chi connectivity index (χ0) is 12.3. The Morgan fingerprint density at radius 1 is 1.35 bits per heavy atom. The molecule has 2 rings (SSSR count). The molecule has 1 aliphatic carbocycles.